The van der Waals surface area contributed by atoms with Crippen LogP contribution in [0.25, 0.3) is 0 Å². The van der Waals surface area contributed by atoms with Crippen molar-refractivity contribution < 1.29 is 4.79 Å². The summed E-state index contributed by atoms with van der Waals surface area (Å²) in [5.74, 6) is 2.32. The van der Waals surface area contributed by atoms with E-state index in [1.165, 1.54) is 4.88 Å². The highest BCUT2D eigenvalue weighted by molar-refractivity contribution is 8.00. The third-order valence-corrected chi connectivity index (χ3v) is 4.73. The molecule has 1 saturated heterocycles. The zero-order valence-electron chi connectivity index (χ0n) is 8.37. The number of ketones is 1. The Hall–Kier alpha value is -0.350. The third-order valence-electron chi connectivity index (χ3n) is 2.51. The van der Waals surface area contributed by atoms with E-state index in [0.29, 0.717) is 11.5 Å². The van der Waals surface area contributed by atoms with Crippen LogP contribution >= 0.6 is 23.1 Å². The van der Waals surface area contributed by atoms with Crippen LogP contribution < -0.4 is 0 Å². The third kappa shape index (κ3) is 2.01. The van der Waals surface area contributed by atoms with Crippen LogP contribution in [0.3, 0.4) is 0 Å². The molecule has 14 heavy (non-hydrogen) atoms. The molecule has 76 valence electrons. The summed E-state index contributed by atoms with van der Waals surface area (Å²) in [6.07, 6.45) is 0.852. The van der Waals surface area contributed by atoms with Crippen LogP contribution in [0.2, 0.25) is 0 Å². The van der Waals surface area contributed by atoms with Crippen LogP contribution in [-0.4, -0.2) is 22.3 Å². The number of carbonyl (C=O) groups is 1. The van der Waals surface area contributed by atoms with Crippen LogP contribution in [0.5, 0.6) is 0 Å². The Morgan fingerprint density at radius 1 is 1.50 bits per heavy atom. The van der Waals surface area contributed by atoms with E-state index in [1.54, 1.807) is 23.1 Å². The molecule has 2 nitrogen and oxygen atoms in total. The molecule has 4 heteroatoms. The molecule has 1 aliphatic rings. The molecule has 0 spiro atoms. The number of rotatable bonds is 2. The molecule has 0 aromatic carbocycles. The normalized spacial score (nSPS) is 21.9. The topological polar surface area (TPSA) is 30.0 Å². The highest BCUT2D eigenvalue weighted by atomic mass is 32.2. The van der Waals surface area contributed by atoms with Gasteiger partial charge in [-0.1, -0.05) is 0 Å². The fourth-order valence-electron chi connectivity index (χ4n) is 1.52. The lowest BCUT2D eigenvalue weighted by molar-refractivity contribution is -0.119. The van der Waals surface area contributed by atoms with Crippen LogP contribution in [0, 0.1) is 19.8 Å². The first-order chi connectivity index (χ1) is 6.66. The lowest BCUT2D eigenvalue weighted by Gasteiger charge is -2.02. The highest BCUT2D eigenvalue weighted by Gasteiger charge is 2.26. The van der Waals surface area contributed by atoms with E-state index in [-0.39, 0.29) is 5.92 Å². The minimum atomic E-state index is 0.227. The summed E-state index contributed by atoms with van der Waals surface area (Å²) >= 11 is 3.48. The summed E-state index contributed by atoms with van der Waals surface area (Å²) in [5.41, 5.74) is 1.11. The minimum Gasteiger partial charge on any atom is -0.298 e. The standard InChI is InChI=1S/C10H13NOS2/c1-6-7(2)14-10(11-6)3-8-4-13-5-9(8)12/h8H,3-5H2,1-2H3. The van der Waals surface area contributed by atoms with Gasteiger partial charge in [0.2, 0.25) is 0 Å². The first-order valence-corrected chi connectivity index (χ1v) is 6.67. The van der Waals surface area contributed by atoms with Crippen molar-refractivity contribution in [3.8, 4) is 0 Å². The molecule has 0 radical (unpaired) electrons. The van der Waals surface area contributed by atoms with Gasteiger partial charge in [-0.25, -0.2) is 4.98 Å². The van der Waals surface area contributed by atoms with Crippen molar-refractivity contribution in [1.29, 1.82) is 0 Å². The number of hydrogen-bond acceptors (Lipinski definition) is 4. The molecule has 1 aromatic heterocycles. The average Bonchev–Trinajstić information content (AvgIpc) is 2.63. The van der Waals surface area contributed by atoms with Gasteiger partial charge in [0, 0.05) is 23.0 Å². The smallest absolute Gasteiger partial charge is 0.147 e. The number of aryl methyl sites for hydroxylation is 2. The molecular weight excluding hydrogens is 214 g/mol. The Balaban J connectivity index is 2.07. The average molecular weight is 227 g/mol. The summed E-state index contributed by atoms with van der Waals surface area (Å²) < 4.78 is 0. The summed E-state index contributed by atoms with van der Waals surface area (Å²) in [7, 11) is 0. The Bertz CT molecular complexity index is 340. The van der Waals surface area contributed by atoms with E-state index in [2.05, 4.69) is 11.9 Å². The number of aromatic nitrogens is 1. The van der Waals surface area contributed by atoms with Crippen LogP contribution in [-0.2, 0) is 11.2 Å². The van der Waals surface area contributed by atoms with Gasteiger partial charge >= 0.3 is 0 Å². The lowest BCUT2D eigenvalue weighted by atomic mass is 10.0. The maximum Gasteiger partial charge on any atom is 0.147 e. The summed E-state index contributed by atoms with van der Waals surface area (Å²) in [6, 6.07) is 0. The fourth-order valence-corrected chi connectivity index (χ4v) is 3.68. The van der Waals surface area contributed by atoms with Gasteiger partial charge in [0.1, 0.15) is 5.78 Å². The molecule has 0 amide bonds. The largest absolute Gasteiger partial charge is 0.298 e. The molecule has 0 aliphatic carbocycles. The van der Waals surface area contributed by atoms with Crippen molar-refractivity contribution in [1.82, 2.24) is 4.98 Å². The van der Waals surface area contributed by atoms with Gasteiger partial charge in [0.15, 0.2) is 0 Å². The van der Waals surface area contributed by atoms with Gasteiger partial charge in [-0.05, 0) is 13.8 Å². The van der Waals surface area contributed by atoms with Crippen LogP contribution in [0.4, 0.5) is 0 Å². The zero-order chi connectivity index (χ0) is 10.1. The first-order valence-electron chi connectivity index (χ1n) is 4.70. The van der Waals surface area contributed by atoms with E-state index >= 15 is 0 Å². The molecule has 2 heterocycles. The summed E-state index contributed by atoms with van der Waals surface area (Å²) in [5, 5.41) is 1.13. The maximum atomic E-state index is 11.4. The van der Waals surface area contributed by atoms with Crippen molar-refractivity contribution in [3.63, 3.8) is 0 Å². The zero-order valence-corrected chi connectivity index (χ0v) is 10.0. The molecule has 1 aromatic rings. The van der Waals surface area contributed by atoms with Crippen molar-refractivity contribution in [2.45, 2.75) is 20.3 Å². The van der Waals surface area contributed by atoms with E-state index in [9.17, 15) is 4.79 Å². The van der Waals surface area contributed by atoms with Gasteiger partial charge < -0.3 is 0 Å². The molecule has 1 aliphatic heterocycles. The number of thioether (sulfide) groups is 1. The Morgan fingerprint density at radius 2 is 2.29 bits per heavy atom. The van der Waals surface area contributed by atoms with Gasteiger partial charge in [-0.2, -0.15) is 11.8 Å². The number of Topliss-reactive ketones (excluding diaryl/α,β-unsaturated/α-hetero) is 1. The fraction of sp³-hybridized carbons (Fsp3) is 0.600. The van der Waals surface area contributed by atoms with E-state index in [1.807, 2.05) is 6.92 Å². The van der Waals surface area contributed by atoms with Crippen molar-refractivity contribution in [2.24, 2.45) is 5.92 Å². The van der Waals surface area contributed by atoms with E-state index in [4.69, 9.17) is 0 Å². The molecule has 0 N–H and O–H groups in total. The monoisotopic (exact) mass is 227 g/mol. The number of thiazole rings is 1. The SMILES string of the molecule is Cc1nc(CC2CSCC2=O)sc1C. The second-order valence-electron chi connectivity index (χ2n) is 3.63. The van der Waals surface area contributed by atoms with Crippen molar-refractivity contribution >= 4 is 28.9 Å². The molecular formula is C10H13NOS2. The number of hydrogen-bond donors (Lipinski definition) is 0. The highest BCUT2D eigenvalue weighted by Crippen LogP contribution is 2.26. The summed E-state index contributed by atoms with van der Waals surface area (Å²) in [6.45, 7) is 4.11. The van der Waals surface area contributed by atoms with Crippen molar-refractivity contribution in [3.05, 3.63) is 15.6 Å². The number of carbonyl (C=O) groups excluding carboxylic acids is 1. The molecule has 2 rings (SSSR count). The van der Waals surface area contributed by atoms with Crippen molar-refractivity contribution in [2.75, 3.05) is 11.5 Å². The quantitative estimate of drug-likeness (QED) is 0.776. The number of nitrogens with zero attached hydrogens (tertiary/aromatic N) is 1. The van der Waals surface area contributed by atoms with Gasteiger partial charge in [-0.3, -0.25) is 4.79 Å². The second-order valence-corrected chi connectivity index (χ2v) is 5.95. The van der Waals surface area contributed by atoms with Gasteiger partial charge in [0.25, 0.3) is 0 Å². The second kappa shape index (κ2) is 4.03. The Labute approximate surface area is 92.1 Å². The lowest BCUT2D eigenvalue weighted by Crippen LogP contribution is -2.13. The van der Waals surface area contributed by atoms with E-state index < -0.39 is 0 Å². The van der Waals surface area contributed by atoms with Crippen LogP contribution in [0.15, 0.2) is 0 Å². The first kappa shape index (κ1) is 10.2. The van der Waals surface area contributed by atoms with Gasteiger partial charge in [0.05, 0.1) is 16.5 Å². The maximum absolute atomic E-state index is 11.4. The molecule has 1 atom stereocenters. The molecule has 0 bridgehead atoms. The Morgan fingerprint density at radius 3 is 2.79 bits per heavy atom. The summed E-state index contributed by atoms with van der Waals surface area (Å²) in [4.78, 5) is 17.2. The minimum absolute atomic E-state index is 0.227. The predicted molar refractivity (Wildman–Crippen MR) is 61.1 cm³/mol. The molecule has 0 saturated carbocycles. The van der Waals surface area contributed by atoms with Crippen LogP contribution in [0.1, 0.15) is 15.6 Å². The van der Waals surface area contributed by atoms with Gasteiger partial charge in [-0.15, -0.1) is 11.3 Å². The molecule has 1 unspecified atom stereocenters. The predicted octanol–water partition coefficient (Wildman–Crippen LogP) is 2.23. The molecule has 1 fully saturated rings. The van der Waals surface area contributed by atoms with E-state index in [0.717, 1.165) is 22.9 Å². The Kier molecular flexibility index (Phi) is 2.93.